The second-order valence-electron chi connectivity index (χ2n) is 6.97. The molecule has 3 rings (SSSR count). The zero-order valence-corrected chi connectivity index (χ0v) is 17.2. The molecule has 5 nitrogen and oxygen atoms in total. The Balaban J connectivity index is 1.62. The Morgan fingerprint density at radius 2 is 1.79 bits per heavy atom. The lowest BCUT2D eigenvalue weighted by molar-refractivity contribution is -0.120. The van der Waals surface area contributed by atoms with Crippen molar-refractivity contribution in [3.8, 4) is 0 Å². The fraction of sp³-hybridized carbons (Fsp3) is 0.318. The van der Waals surface area contributed by atoms with E-state index in [2.05, 4.69) is 22.4 Å². The van der Waals surface area contributed by atoms with Crippen LogP contribution in [0, 0.1) is 0 Å². The minimum atomic E-state index is -0.349. The maximum atomic E-state index is 12.6. The summed E-state index contributed by atoms with van der Waals surface area (Å²) in [4.78, 5) is 29.6. The number of hydrogen-bond acceptors (Lipinski definition) is 4. The van der Waals surface area contributed by atoms with Crippen LogP contribution in [0.2, 0.25) is 0 Å². The molecule has 0 aliphatic heterocycles. The molecule has 2 atom stereocenters. The van der Waals surface area contributed by atoms with Crippen LogP contribution >= 0.6 is 11.8 Å². The summed E-state index contributed by atoms with van der Waals surface area (Å²) in [6, 6.07) is 17.6. The summed E-state index contributed by atoms with van der Waals surface area (Å²) < 4.78 is 1.51. The quantitative estimate of drug-likeness (QED) is 0.491. The van der Waals surface area contributed by atoms with E-state index in [9.17, 15) is 9.59 Å². The van der Waals surface area contributed by atoms with Gasteiger partial charge in [0.1, 0.15) is 0 Å². The van der Waals surface area contributed by atoms with Crippen LogP contribution in [0.15, 0.2) is 64.5 Å². The van der Waals surface area contributed by atoms with Gasteiger partial charge in [-0.25, -0.2) is 4.98 Å². The number of nitrogens with one attached hydrogen (secondary N) is 1. The molecule has 0 bridgehead atoms. The van der Waals surface area contributed by atoms with E-state index >= 15 is 0 Å². The number of carbonyl (C=O) groups is 1. The van der Waals surface area contributed by atoms with Gasteiger partial charge in [0.15, 0.2) is 5.16 Å². The summed E-state index contributed by atoms with van der Waals surface area (Å²) >= 11 is 1.30. The first-order valence-corrected chi connectivity index (χ1v) is 10.3. The molecule has 0 fully saturated rings. The summed E-state index contributed by atoms with van der Waals surface area (Å²) in [7, 11) is 1.69. The fourth-order valence-electron chi connectivity index (χ4n) is 2.97. The summed E-state index contributed by atoms with van der Waals surface area (Å²) in [5.74, 6) is -0.0482. The van der Waals surface area contributed by atoms with Crippen LogP contribution in [0.1, 0.15) is 25.8 Å². The standard InChI is InChI=1S/C22H25N3O2S/c1-15(13-14-17-9-5-4-6-10-17)23-20(26)16(2)28-22-24-19-12-8-7-11-18(19)21(27)25(22)3/h4-12,15-16H,13-14H2,1-3H3,(H,23,26). The van der Waals surface area contributed by atoms with Gasteiger partial charge >= 0.3 is 0 Å². The summed E-state index contributed by atoms with van der Waals surface area (Å²) in [6.07, 6.45) is 1.80. The first kappa shape index (κ1) is 20.1. The molecule has 0 aliphatic carbocycles. The normalized spacial score (nSPS) is 13.2. The molecule has 1 N–H and O–H groups in total. The van der Waals surface area contributed by atoms with Gasteiger partial charge in [0.2, 0.25) is 5.91 Å². The maximum absolute atomic E-state index is 12.6. The van der Waals surface area contributed by atoms with E-state index in [1.165, 1.54) is 21.9 Å². The highest BCUT2D eigenvalue weighted by Crippen LogP contribution is 2.22. The molecule has 0 saturated heterocycles. The number of fused-ring (bicyclic) bond motifs is 1. The minimum Gasteiger partial charge on any atom is -0.353 e. The predicted molar refractivity (Wildman–Crippen MR) is 115 cm³/mol. The Morgan fingerprint density at radius 3 is 2.54 bits per heavy atom. The molecule has 28 heavy (non-hydrogen) atoms. The molecular formula is C22H25N3O2S. The number of hydrogen-bond donors (Lipinski definition) is 1. The number of thioether (sulfide) groups is 1. The van der Waals surface area contributed by atoms with Gasteiger partial charge in [-0.05, 0) is 44.4 Å². The van der Waals surface area contributed by atoms with Gasteiger partial charge in [0, 0.05) is 13.1 Å². The molecule has 1 aromatic heterocycles. The van der Waals surface area contributed by atoms with Gasteiger partial charge in [-0.15, -0.1) is 0 Å². The van der Waals surface area contributed by atoms with Crippen molar-refractivity contribution in [3.05, 3.63) is 70.5 Å². The van der Waals surface area contributed by atoms with Crippen molar-refractivity contribution in [2.75, 3.05) is 0 Å². The largest absolute Gasteiger partial charge is 0.353 e. The number of aryl methyl sites for hydroxylation is 1. The monoisotopic (exact) mass is 395 g/mol. The number of amides is 1. The van der Waals surface area contributed by atoms with Gasteiger partial charge in [-0.3, -0.25) is 14.2 Å². The van der Waals surface area contributed by atoms with Gasteiger partial charge in [0.05, 0.1) is 16.2 Å². The van der Waals surface area contributed by atoms with Gasteiger partial charge in [-0.2, -0.15) is 0 Å². The topological polar surface area (TPSA) is 64.0 Å². The highest BCUT2D eigenvalue weighted by atomic mass is 32.2. The first-order valence-electron chi connectivity index (χ1n) is 9.42. The van der Waals surface area contributed by atoms with Crippen molar-refractivity contribution in [1.82, 2.24) is 14.9 Å². The van der Waals surface area contributed by atoms with Gasteiger partial charge in [0.25, 0.3) is 5.56 Å². The summed E-state index contributed by atoms with van der Waals surface area (Å²) in [5.41, 5.74) is 1.82. The number of rotatable bonds is 7. The fourth-order valence-corrected chi connectivity index (χ4v) is 3.86. The van der Waals surface area contributed by atoms with Crippen molar-refractivity contribution in [2.24, 2.45) is 7.05 Å². The van der Waals surface area contributed by atoms with E-state index in [1.54, 1.807) is 13.1 Å². The van der Waals surface area contributed by atoms with Crippen LogP contribution in [-0.4, -0.2) is 26.8 Å². The van der Waals surface area contributed by atoms with Crippen molar-refractivity contribution in [1.29, 1.82) is 0 Å². The lowest BCUT2D eigenvalue weighted by Gasteiger charge is -2.18. The van der Waals surface area contributed by atoms with Gasteiger partial charge < -0.3 is 5.32 Å². The van der Waals surface area contributed by atoms with Crippen LogP contribution < -0.4 is 10.9 Å². The van der Waals surface area contributed by atoms with Crippen LogP contribution in [0.5, 0.6) is 0 Å². The van der Waals surface area contributed by atoms with Crippen LogP contribution in [0.3, 0.4) is 0 Å². The van der Waals surface area contributed by atoms with Crippen LogP contribution in [0.25, 0.3) is 10.9 Å². The third kappa shape index (κ3) is 4.81. The number of para-hydroxylation sites is 1. The molecule has 0 saturated carbocycles. The third-order valence-corrected chi connectivity index (χ3v) is 5.83. The molecule has 1 heterocycles. The SMILES string of the molecule is CC(CCc1ccccc1)NC(=O)C(C)Sc1nc2ccccc2c(=O)n1C. The van der Waals surface area contributed by atoms with Crippen molar-refractivity contribution in [2.45, 2.75) is 43.1 Å². The zero-order chi connectivity index (χ0) is 20.1. The molecule has 3 aromatic rings. The molecule has 0 aliphatic rings. The highest BCUT2D eigenvalue weighted by molar-refractivity contribution is 8.00. The van der Waals surface area contributed by atoms with Crippen molar-refractivity contribution in [3.63, 3.8) is 0 Å². The summed E-state index contributed by atoms with van der Waals surface area (Å²) in [6.45, 7) is 3.85. The van der Waals surface area contributed by atoms with Crippen LogP contribution in [0.4, 0.5) is 0 Å². The third-order valence-electron chi connectivity index (χ3n) is 4.69. The second kappa shape index (κ2) is 9.06. The number of aromatic nitrogens is 2. The molecular weight excluding hydrogens is 370 g/mol. The molecule has 2 unspecified atom stereocenters. The van der Waals surface area contributed by atoms with E-state index < -0.39 is 0 Å². The van der Waals surface area contributed by atoms with Crippen LogP contribution in [-0.2, 0) is 18.3 Å². The summed E-state index contributed by atoms with van der Waals surface area (Å²) in [5, 5.41) is 3.85. The number of carbonyl (C=O) groups excluding carboxylic acids is 1. The molecule has 2 aromatic carbocycles. The van der Waals surface area contributed by atoms with E-state index in [0.717, 1.165) is 12.8 Å². The van der Waals surface area contributed by atoms with Crippen molar-refractivity contribution >= 4 is 28.6 Å². The Kier molecular flexibility index (Phi) is 6.52. The molecule has 1 amide bonds. The molecule has 146 valence electrons. The Hall–Kier alpha value is -2.60. The Labute approximate surface area is 169 Å². The predicted octanol–water partition coefficient (Wildman–Crippen LogP) is 3.55. The smallest absolute Gasteiger partial charge is 0.261 e. The van der Waals surface area contributed by atoms with Crippen molar-refractivity contribution < 1.29 is 4.79 Å². The first-order chi connectivity index (χ1) is 13.5. The number of nitrogens with zero attached hydrogens (tertiary/aromatic N) is 2. The molecule has 6 heteroatoms. The van der Waals surface area contributed by atoms with E-state index in [1.807, 2.05) is 50.2 Å². The lowest BCUT2D eigenvalue weighted by Crippen LogP contribution is -2.38. The number of benzene rings is 2. The van der Waals surface area contributed by atoms with Gasteiger partial charge in [-0.1, -0.05) is 54.2 Å². The lowest BCUT2D eigenvalue weighted by atomic mass is 10.1. The second-order valence-corrected chi connectivity index (χ2v) is 8.28. The molecule has 0 radical (unpaired) electrons. The van der Waals surface area contributed by atoms with E-state index in [4.69, 9.17) is 0 Å². The average molecular weight is 396 g/mol. The minimum absolute atomic E-state index is 0.0482. The average Bonchev–Trinajstić information content (AvgIpc) is 2.71. The van der Waals surface area contributed by atoms with E-state index in [0.29, 0.717) is 16.1 Å². The van der Waals surface area contributed by atoms with E-state index in [-0.39, 0.29) is 22.8 Å². The Morgan fingerprint density at radius 1 is 1.11 bits per heavy atom. The Bertz CT molecular complexity index is 1020. The zero-order valence-electron chi connectivity index (χ0n) is 16.4. The molecule has 0 spiro atoms. The maximum Gasteiger partial charge on any atom is 0.261 e. The highest BCUT2D eigenvalue weighted by Gasteiger charge is 2.19.